The number of benzene rings is 2. The van der Waals surface area contributed by atoms with Crippen molar-refractivity contribution in [3.8, 4) is 5.75 Å². The van der Waals surface area contributed by atoms with Crippen molar-refractivity contribution in [2.75, 3.05) is 71.2 Å². The molecule has 4 atom stereocenters. The van der Waals surface area contributed by atoms with E-state index < -0.39 is 14.4 Å². The van der Waals surface area contributed by atoms with Crippen molar-refractivity contribution in [2.45, 2.75) is 110 Å². The van der Waals surface area contributed by atoms with E-state index in [1.165, 1.54) is 4.90 Å². The Bertz CT molecular complexity index is 1350. The summed E-state index contributed by atoms with van der Waals surface area (Å²) >= 11 is 0. The first kappa shape index (κ1) is 42.1. The van der Waals surface area contributed by atoms with E-state index in [9.17, 15) is 9.90 Å². The van der Waals surface area contributed by atoms with Crippen LogP contribution in [0.4, 0.5) is 10.5 Å². The summed E-state index contributed by atoms with van der Waals surface area (Å²) in [6.45, 7) is 24.0. The second-order valence-corrected chi connectivity index (χ2v) is 20.9. The molecule has 0 radical (unpaired) electrons. The van der Waals surface area contributed by atoms with E-state index >= 15 is 0 Å². The molecule has 10 nitrogen and oxygen atoms in total. The lowest BCUT2D eigenvalue weighted by Crippen LogP contribution is -2.54. The number of amides is 1. The third-order valence-corrected chi connectivity index (χ3v) is 17.0. The third-order valence-electron chi connectivity index (χ3n) is 10.9. The van der Waals surface area contributed by atoms with Gasteiger partial charge in [-0.25, -0.2) is 4.79 Å². The number of anilines is 1. The molecule has 2 heterocycles. The van der Waals surface area contributed by atoms with Crippen LogP contribution in [0.3, 0.4) is 0 Å². The van der Waals surface area contributed by atoms with Gasteiger partial charge in [0.2, 0.25) is 0 Å². The molecule has 0 unspecified atom stereocenters. The van der Waals surface area contributed by atoms with E-state index in [1.807, 2.05) is 19.9 Å². The van der Waals surface area contributed by atoms with Crippen molar-refractivity contribution in [1.82, 2.24) is 4.90 Å². The van der Waals surface area contributed by atoms with Crippen LogP contribution >= 0.6 is 0 Å². The quantitative estimate of drug-likeness (QED) is 0.106. The monoisotopic (exact) mass is 742 g/mol. The van der Waals surface area contributed by atoms with Gasteiger partial charge in [0.25, 0.3) is 0 Å². The number of methoxy groups -OCH3 is 1. The fraction of sp³-hybridized carbons (Fsp3) is 0.683. The van der Waals surface area contributed by atoms with E-state index in [4.69, 9.17) is 28.1 Å². The van der Waals surface area contributed by atoms with Gasteiger partial charge in [-0.2, -0.15) is 0 Å². The van der Waals surface area contributed by atoms with Crippen LogP contribution in [0.5, 0.6) is 5.75 Å². The van der Waals surface area contributed by atoms with Gasteiger partial charge in [-0.15, -0.1) is 0 Å². The SMILES string of the molecule is CCO[C@H](C)COCc1ccc([C@H]2[C@H](CO[Si](C(C)C)(C(C)C)C(C)C)CN(C(=O)O)C[C@@H]2OCc2ccc3c(c2)N(CCCOC)CCO3)cc1. The number of carboxylic acid groups (broad SMARTS) is 1. The third kappa shape index (κ3) is 10.7. The smallest absolute Gasteiger partial charge is 0.407 e. The fourth-order valence-corrected chi connectivity index (χ4v) is 14.1. The number of likely N-dealkylation sites (tertiary alicyclic amines) is 1. The highest BCUT2D eigenvalue weighted by Crippen LogP contribution is 2.44. The number of fused-ring (bicyclic) bond motifs is 1. The molecule has 4 rings (SSSR count). The van der Waals surface area contributed by atoms with Crippen LogP contribution in [-0.4, -0.2) is 103 Å². The average Bonchev–Trinajstić information content (AvgIpc) is 3.11. The predicted octanol–water partition coefficient (Wildman–Crippen LogP) is 8.33. The number of hydrogen-bond donors (Lipinski definition) is 1. The summed E-state index contributed by atoms with van der Waals surface area (Å²) in [6, 6.07) is 14.8. The topological polar surface area (TPSA) is 99.2 Å². The average molecular weight is 743 g/mol. The molecule has 11 heteroatoms. The van der Waals surface area contributed by atoms with E-state index in [0.717, 1.165) is 47.6 Å². The predicted molar refractivity (Wildman–Crippen MR) is 209 cm³/mol. The molecule has 52 heavy (non-hydrogen) atoms. The van der Waals surface area contributed by atoms with Gasteiger partial charge in [0.1, 0.15) is 12.4 Å². The standard InChI is InChI=1S/C41H66N2O8Si/c1-10-48-32(8)25-47-26-33-12-15-35(16-13-33)40-36(28-51-52(29(2)3,30(4)5)31(6)7)23-43(41(44)45)24-39(40)50-27-34-14-17-38-37(22-34)42(19-21-49-38)18-11-20-46-9/h12-17,22,29-32,36,39-40H,10-11,18-21,23-28H2,1-9H3,(H,44,45)/t32-,36+,39+,40+/m1/s1. The van der Waals surface area contributed by atoms with Crippen LogP contribution in [0, 0.1) is 5.92 Å². The molecule has 2 aliphatic rings. The van der Waals surface area contributed by atoms with Gasteiger partial charge in [-0.05, 0) is 65.7 Å². The van der Waals surface area contributed by atoms with Crippen LogP contribution < -0.4 is 9.64 Å². The maximum absolute atomic E-state index is 12.6. The second-order valence-electron chi connectivity index (χ2n) is 15.5. The highest BCUT2D eigenvalue weighted by atomic mass is 28.4. The molecule has 0 saturated carbocycles. The van der Waals surface area contributed by atoms with Gasteiger partial charge in [0, 0.05) is 51.9 Å². The number of ether oxygens (including phenoxy) is 5. The van der Waals surface area contributed by atoms with Crippen LogP contribution in [0.1, 0.15) is 84.4 Å². The summed E-state index contributed by atoms with van der Waals surface area (Å²) in [5.74, 6) is 0.732. The van der Waals surface area contributed by atoms with Crippen molar-refractivity contribution in [1.29, 1.82) is 0 Å². The summed E-state index contributed by atoms with van der Waals surface area (Å²) in [4.78, 5) is 16.5. The minimum absolute atomic E-state index is 0.0434. The molecule has 0 bridgehead atoms. The Labute approximate surface area is 314 Å². The molecule has 0 aliphatic carbocycles. The largest absolute Gasteiger partial charge is 0.490 e. The lowest BCUT2D eigenvalue weighted by Gasteiger charge is -2.47. The zero-order valence-corrected chi connectivity index (χ0v) is 34.3. The Balaban J connectivity index is 1.62. The van der Waals surface area contributed by atoms with E-state index in [0.29, 0.717) is 69.4 Å². The zero-order chi connectivity index (χ0) is 37.8. The van der Waals surface area contributed by atoms with Gasteiger partial charge < -0.3 is 43.0 Å². The van der Waals surface area contributed by atoms with Crippen molar-refractivity contribution in [3.05, 3.63) is 59.2 Å². The summed E-state index contributed by atoms with van der Waals surface area (Å²) in [5.41, 5.74) is 5.56. The van der Waals surface area contributed by atoms with E-state index in [2.05, 4.69) is 82.8 Å². The Morgan fingerprint density at radius 2 is 1.65 bits per heavy atom. The van der Waals surface area contributed by atoms with E-state index in [-0.39, 0.29) is 30.6 Å². The Hall–Kier alpha value is -2.67. The molecule has 0 aromatic heterocycles. The molecule has 2 aromatic rings. The first-order chi connectivity index (χ1) is 24.9. The van der Waals surface area contributed by atoms with Crippen LogP contribution in [-0.2, 0) is 36.6 Å². The first-order valence-corrected chi connectivity index (χ1v) is 21.6. The zero-order valence-electron chi connectivity index (χ0n) is 33.3. The van der Waals surface area contributed by atoms with E-state index in [1.54, 1.807) is 7.11 Å². The number of nitrogens with zero attached hydrogens (tertiary/aromatic N) is 2. The van der Waals surface area contributed by atoms with Crippen molar-refractivity contribution in [2.24, 2.45) is 5.92 Å². The summed E-state index contributed by atoms with van der Waals surface area (Å²) in [7, 11) is -0.483. The lowest BCUT2D eigenvalue weighted by molar-refractivity contribution is -0.0475. The van der Waals surface area contributed by atoms with Gasteiger partial charge in [-0.3, -0.25) is 0 Å². The number of hydrogen-bond acceptors (Lipinski definition) is 8. The molecule has 1 saturated heterocycles. The van der Waals surface area contributed by atoms with Crippen LogP contribution in [0.2, 0.25) is 16.6 Å². The van der Waals surface area contributed by atoms with Crippen LogP contribution in [0.15, 0.2) is 42.5 Å². The molecule has 0 spiro atoms. The summed E-state index contributed by atoms with van der Waals surface area (Å²) < 4.78 is 36.9. The normalized spacial score (nSPS) is 20.0. The Morgan fingerprint density at radius 3 is 2.29 bits per heavy atom. The minimum atomic E-state index is -2.21. The number of piperidine rings is 1. The van der Waals surface area contributed by atoms with Crippen molar-refractivity contribution >= 4 is 20.1 Å². The number of rotatable bonds is 20. The highest BCUT2D eigenvalue weighted by Gasteiger charge is 2.47. The van der Waals surface area contributed by atoms with Gasteiger partial charge >= 0.3 is 6.09 Å². The van der Waals surface area contributed by atoms with Gasteiger partial charge in [0.05, 0.1) is 50.8 Å². The van der Waals surface area contributed by atoms with Crippen molar-refractivity contribution in [3.63, 3.8) is 0 Å². The second kappa shape index (κ2) is 20.1. The van der Waals surface area contributed by atoms with Crippen LogP contribution in [0.25, 0.3) is 0 Å². The number of carbonyl (C=O) groups is 1. The molecular formula is C41H66N2O8Si. The minimum Gasteiger partial charge on any atom is -0.490 e. The lowest BCUT2D eigenvalue weighted by atomic mass is 9.78. The molecule has 1 amide bonds. The fourth-order valence-electron chi connectivity index (χ4n) is 8.57. The molecule has 1 fully saturated rings. The van der Waals surface area contributed by atoms with Gasteiger partial charge in [-0.1, -0.05) is 71.9 Å². The summed E-state index contributed by atoms with van der Waals surface area (Å²) in [6.07, 6.45) is -0.322. The molecular weight excluding hydrogens is 677 g/mol. The Morgan fingerprint density at radius 1 is 0.962 bits per heavy atom. The maximum Gasteiger partial charge on any atom is 0.407 e. The maximum atomic E-state index is 12.6. The molecule has 1 N–H and O–H groups in total. The summed E-state index contributed by atoms with van der Waals surface area (Å²) in [5, 5.41) is 10.3. The highest BCUT2D eigenvalue weighted by molar-refractivity contribution is 6.77. The van der Waals surface area contributed by atoms with Crippen molar-refractivity contribution < 1.29 is 38.0 Å². The molecule has 2 aromatic carbocycles. The molecule has 2 aliphatic heterocycles. The van der Waals surface area contributed by atoms with Gasteiger partial charge in [0.15, 0.2) is 8.32 Å². The Kier molecular flexibility index (Phi) is 16.3. The molecule has 292 valence electrons. The first-order valence-electron chi connectivity index (χ1n) is 19.4.